The van der Waals surface area contributed by atoms with Crippen LogP contribution in [0.15, 0.2) is 0 Å². The summed E-state index contributed by atoms with van der Waals surface area (Å²) in [4.78, 5) is 11.6. The number of hydrogen-bond donors (Lipinski definition) is 2. The second-order valence-electron chi connectivity index (χ2n) is 4.16. The Hall–Kier alpha value is -0.220. The molecule has 2 atom stereocenters. The molecule has 0 aliphatic carbocycles. The van der Waals surface area contributed by atoms with Crippen molar-refractivity contribution in [2.24, 2.45) is 0 Å². The normalized spacial score (nSPS) is 24.5. The van der Waals surface area contributed by atoms with Crippen LogP contribution in [0.5, 0.6) is 0 Å². The van der Waals surface area contributed by atoms with Gasteiger partial charge in [-0.15, -0.1) is 0 Å². The van der Waals surface area contributed by atoms with Gasteiger partial charge in [-0.2, -0.15) is 0 Å². The lowest BCUT2D eigenvalue weighted by atomic mass is 10.2. The summed E-state index contributed by atoms with van der Waals surface area (Å²) in [5, 5.41) is 3.15. The number of hydrogen-bond acceptors (Lipinski definition) is 3. The van der Waals surface area contributed by atoms with Crippen molar-refractivity contribution in [1.82, 2.24) is 5.32 Å². The molecule has 3 nitrogen and oxygen atoms in total. The first-order valence-electron chi connectivity index (χ1n) is 5.18. The molecule has 0 spiro atoms. The summed E-state index contributed by atoms with van der Waals surface area (Å²) in [7, 11) is 0.0197. The molecule has 1 aliphatic rings. The van der Waals surface area contributed by atoms with E-state index < -0.39 is 0 Å². The van der Waals surface area contributed by atoms with Crippen LogP contribution >= 0.6 is 10.9 Å². The van der Waals surface area contributed by atoms with Crippen molar-refractivity contribution in [2.75, 3.05) is 24.8 Å². The smallest absolute Gasteiger partial charge is 0.323 e. The van der Waals surface area contributed by atoms with Crippen molar-refractivity contribution in [3.05, 3.63) is 0 Å². The molecule has 2 unspecified atom stereocenters. The lowest BCUT2D eigenvalue weighted by Gasteiger charge is -2.19. The van der Waals surface area contributed by atoms with Crippen LogP contribution < -0.4 is 5.32 Å². The molecule has 4 heteroatoms. The molecule has 0 aromatic rings. The molecule has 84 valence electrons. The Bertz CT molecular complexity index is 191. The SMILES string of the molecule is CC(C[SH](C)C)OC(=O)C1CCCN1. The monoisotopic (exact) mass is 219 g/mol. The van der Waals surface area contributed by atoms with Crippen LogP contribution in [0.1, 0.15) is 19.8 Å². The fourth-order valence-electron chi connectivity index (χ4n) is 1.72. The van der Waals surface area contributed by atoms with Gasteiger partial charge in [0.25, 0.3) is 0 Å². The van der Waals surface area contributed by atoms with Crippen molar-refractivity contribution >= 4 is 16.9 Å². The highest BCUT2D eigenvalue weighted by Gasteiger charge is 2.24. The van der Waals surface area contributed by atoms with E-state index in [1.165, 1.54) is 0 Å². The largest absolute Gasteiger partial charge is 0.461 e. The quantitative estimate of drug-likeness (QED) is 0.546. The first-order valence-corrected chi connectivity index (χ1v) is 7.60. The number of carbonyl (C=O) groups is 1. The average Bonchev–Trinajstić information content (AvgIpc) is 2.53. The molecule has 1 aliphatic heterocycles. The molecule has 1 fully saturated rings. The summed E-state index contributed by atoms with van der Waals surface area (Å²) in [5.41, 5.74) is 0. The molecule has 0 aromatic heterocycles. The van der Waals surface area contributed by atoms with E-state index in [9.17, 15) is 4.79 Å². The Balaban J connectivity index is 2.25. The molecule has 14 heavy (non-hydrogen) atoms. The molecular formula is C10H21NO2S. The third-order valence-electron chi connectivity index (χ3n) is 2.28. The number of thiol groups is 1. The van der Waals surface area contributed by atoms with Crippen LogP contribution in [0.3, 0.4) is 0 Å². The van der Waals surface area contributed by atoms with E-state index in [4.69, 9.17) is 4.74 Å². The van der Waals surface area contributed by atoms with Gasteiger partial charge in [0.1, 0.15) is 12.1 Å². The minimum absolute atomic E-state index is 0.0197. The Morgan fingerprint density at radius 1 is 1.64 bits per heavy atom. The van der Waals surface area contributed by atoms with E-state index >= 15 is 0 Å². The lowest BCUT2D eigenvalue weighted by molar-refractivity contribution is -0.149. The molecule has 1 rings (SSSR count). The van der Waals surface area contributed by atoms with Gasteiger partial charge in [-0.3, -0.25) is 15.7 Å². The van der Waals surface area contributed by atoms with E-state index in [1.807, 2.05) is 6.92 Å². The van der Waals surface area contributed by atoms with Crippen LogP contribution in [-0.2, 0) is 9.53 Å². The Morgan fingerprint density at radius 3 is 2.86 bits per heavy atom. The molecule has 0 aromatic carbocycles. The van der Waals surface area contributed by atoms with Gasteiger partial charge in [0.15, 0.2) is 0 Å². The Labute approximate surface area is 88.9 Å². The van der Waals surface area contributed by atoms with Crippen LogP contribution in [0.25, 0.3) is 0 Å². The minimum Gasteiger partial charge on any atom is -0.461 e. The van der Waals surface area contributed by atoms with Gasteiger partial charge in [-0.25, -0.2) is 0 Å². The first kappa shape index (κ1) is 11.9. The molecule has 0 amide bonds. The molecule has 1 saturated heterocycles. The van der Waals surface area contributed by atoms with Crippen molar-refractivity contribution in [3.8, 4) is 0 Å². The zero-order valence-electron chi connectivity index (χ0n) is 9.25. The third kappa shape index (κ3) is 3.88. The fraction of sp³-hybridized carbons (Fsp3) is 0.900. The summed E-state index contributed by atoms with van der Waals surface area (Å²) in [6.07, 6.45) is 6.49. The number of esters is 1. The fourth-order valence-corrected chi connectivity index (χ4v) is 2.82. The third-order valence-corrected chi connectivity index (χ3v) is 3.53. The molecule has 0 radical (unpaired) electrons. The maximum Gasteiger partial charge on any atom is 0.323 e. The minimum atomic E-state index is -0.0631. The van der Waals surface area contributed by atoms with Crippen molar-refractivity contribution in [2.45, 2.75) is 31.9 Å². The number of ether oxygens (including phenoxy) is 1. The van der Waals surface area contributed by atoms with Crippen LogP contribution in [-0.4, -0.2) is 42.9 Å². The maximum absolute atomic E-state index is 11.6. The zero-order chi connectivity index (χ0) is 10.6. The highest BCUT2D eigenvalue weighted by atomic mass is 32.2. The van der Waals surface area contributed by atoms with E-state index in [-0.39, 0.29) is 29.0 Å². The molecular weight excluding hydrogens is 198 g/mol. The molecule has 1 heterocycles. The van der Waals surface area contributed by atoms with Crippen molar-refractivity contribution < 1.29 is 9.53 Å². The maximum atomic E-state index is 11.6. The van der Waals surface area contributed by atoms with E-state index in [0.717, 1.165) is 25.1 Å². The average molecular weight is 219 g/mol. The summed E-state index contributed by atoms with van der Waals surface area (Å²) in [6, 6.07) is -0.0441. The van der Waals surface area contributed by atoms with Gasteiger partial charge in [0.05, 0.1) is 0 Å². The standard InChI is InChI=1S/C10H21NO2S/c1-8(7-14(2)3)13-10(12)9-5-4-6-11-9/h8-9,11,14H,4-7H2,1-3H3. The highest BCUT2D eigenvalue weighted by Crippen LogP contribution is 2.17. The number of rotatable bonds is 4. The Kier molecular flexibility index (Phi) is 4.75. The number of nitrogens with one attached hydrogen (secondary N) is 1. The highest BCUT2D eigenvalue weighted by molar-refractivity contribution is 8.15. The molecule has 0 bridgehead atoms. The van der Waals surface area contributed by atoms with Gasteiger partial charge < -0.3 is 10.1 Å². The van der Waals surface area contributed by atoms with Gasteiger partial charge in [-0.1, -0.05) is 0 Å². The predicted octanol–water partition coefficient (Wildman–Crippen LogP) is 0.931. The molecule has 0 saturated carbocycles. The van der Waals surface area contributed by atoms with Gasteiger partial charge >= 0.3 is 5.97 Å². The van der Waals surface area contributed by atoms with E-state index in [2.05, 4.69) is 17.8 Å². The van der Waals surface area contributed by atoms with Crippen LogP contribution in [0, 0.1) is 0 Å². The van der Waals surface area contributed by atoms with E-state index in [0.29, 0.717) is 0 Å². The summed E-state index contributed by atoms with van der Waals surface area (Å²) < 4.78 is 5.36. The van der Waals surface area contributed by atoms with Crippen molar-refractivity contribution in [3.63, 3.8) is 0 Å². The topological polar surface area (TPSA) is 38.3 Å². The van der Waals surface area contributed by atoms with Crippen molar-refractivity contribution in [1.29, 1.82) is 0 Å². The van der Waals surface area contributed by atoms with Crippen LogP contribution in [0.2, 0.25) is 0 Å². The van der Waals surface area contributed by atoms with Gasteiger partial charge in [-0.05, 0) is 38.8 Å². The molecule has 1 N–H and O–H groups in total. The zero-order valence-corrected chi connectivity index (χ0v) is 10.1. The lowest BCUT2D eigenvalue weighted by Crippen LogP contribution is -2.35. The Morgan fingerprint density at radius 2 is 2.36 bits per heavy atom. The van der Waals surface area contributed by atoms with E-state index in [1.54, 1.807) is 0 Å². The van der Waals surface area contributed by atoms with Gasteiger partial charge in [0.2, 0.25) is 0 Å². The summed E-state index contributed by atoms with van der Waals surface area (Å²) in [5.74, 6) is 0.945. The van der Waals surface area contributed by atoms with Crippen LogP contribution in [0.4, 0.5) is 0 Å². The number of carbonyl (C=O) groups excluding carboxylic acids is 1. The van der Waals surface area contributed by atoms with Gasteiger partial charge in [0, 0.05) is 5.75 Å². The summed E-state index contributed by atoms with van der Waals surface area (Å²) in [6.45, 7) is 2.93. The second kappa shape index (κ2) is 5.61. The predicted molar refractivity (Wildman–Crippen MR) is 62.3 cm³/mol. The second-order valence-corrected chi connectivity index (χ2v) is 6.68. The first-order chi connectivity index (χ1) is 6.59. The summed E-state index contributed by atoms with van der Waals surface area (Å²) >= 11 is 0.